The Morgan fingerprint density at radius 2 is 2.11 bits per heavy atom. The predicted octanol–water partition coefficient (Wildman–Crippen LogP) is 2.74. The van der Waals surface area contributed by atoms with Gasteiger partial charge in [0.1, 0.15) is 12.4 Å². The fourth-order valence-corrected chi connectivity index (χ4v) is 3.71. The summed E-state index contributed by atoms with van der Waals surface area (Å²) in [4.78, 5) is 14.6. The van der Waals surface area contributed by atoms with Crippen molar-refractivity contribution in [1.29, 1.82) is 0 Å². The summed E-state index contributed by atoms with van der Waals surface area (Å²) in [6.45, 7) is 2.64. The second-order valence-electron chi connectivity index (χ2n) is 6.65. The van der Waals surface area contributed by atoms with Gasteiger partial charge in [-0.2, -0.15) is 5.10 Å². The SMILES string of the molecule is Cn1nc(CNC(=O)CN2CCOc3ccccc3C2)c2c(Cl)cccc21. The minimum Gasteiger partial charge on any atom is -0.492 e. The molecule has 0 fully saturated rings. The minimum absolute atomic E-state index is 0.0414. The predicted molar refractivity (Wildman–Crippen MR) is 105 cm³/mol. The Labute approximate surface area is 162 Å². The average molecular weight is 385 g/mol. The van der Waals surface area contributed by atoms with E-state index in [2.05, 4.69) is 15.3 Å². The average Bonchev–Trinajstić information content (AvgIpc) is 2.85. The third kappa shape index (κ3) is 3.77. The van der Waals surface area contributed by atoms with Crippen LogP contribution in [0.25, 0.3) is 10.9 Å². The molecule has 0 bridgehead atoms. The molecule has 4 rings (SSSR count). The number of ether oxygens (including phenoxy) is 1. The molecule has 1 aliphatic rings. The lowest BCUT2D eigenvalue weighted by molar-refractivity contribution is -0.122. The van der Waals surface area contributed by atoms with Crippen molar-refractivity contribution in [2.45, 2.75) is 13.1 Å². The Morgan fingerprint density at radius 1 is 1.26 bits per heavy atom. The van der Waals surface area contributed by atoms with Gasteiger partial charge in [-0.25, -0.2) is 0 Å². The van der Waals surface area contributed by atoms with Crippen molar-refractivity contribution in [3.05, 3.63) is 58.7 Å². The fraction of sp³-hybridized carbons (Fsp3) is 0.300. The number of carbonyl (C=O) groups is 1. The number of nitrogens with zero attached hydrogens (tertiary/aromatic N) is 3. The van der Waals surface area contributed by atoms with Gasteiger partial charge in [0.15, 0.2) is 0 Å². The molecule has 0 radical (unpaired) electrons. The van der Waals surface area contributed by atoms with E-state index in [1.165, 1.54) is 0 Å². The summed E-state index contributed by atoms with van der Waals surface area (Å²) in [5, 5.41) is 9.00. The van der Waals surface area contributed by atoms with Gasteiger partial charge in [-0.1, -0.05) is 35.9 Å². The van der Waals surface area contributed by atoms with E-state index < -0.39 is 0 Å². The van der Waals surface area contributed by atoms with Crippen molar-refractivity contribution < 1.29 is 9.53 Å². The maximum Gasteiger partial charge on any atom is 0.234 e. The smallest absolute Gasteiger partial charge is 0.234 e. The number of aryl methyl sites for hydroxylation is 1. The van der Waals surface area contributed by atoms with Crippen LogP contribution in [0.3, 0.4) is 0 Å². The number of fused-ring (bicyclic) bond motifs is 2. The summed E-state index contributed by atoms with van der Waals surface area (Å²) in [7, 11) is 1.87. The van der Waals surface area contributed by atoms with E-state index in [0.29, 0.717) is 37.8 Å². The van der Waals surface area contributed by atoms with Gasteiger partial charge in [-0.05, 0) is 18.2 Å². The van der Waals surface area contributed by atoms with Crippen LogP contribution in [0.1, 0.15) is 11.3 Å². The van der Waals surface area contributed by atoms with Crippen LogP contribution in [0.2, 0.25) is 5.02 Å². The fourth-order valence-electron chi connectivity index (χ4n) is 3.43. The minimum atomic E-state index is -0.0414. The van der Waals surface area contributed by atoms with E-state index in [9.17, 15) is 4.79 Å². The standard InChI is InChI=1S/C20H21ClN4O2/c1-24-17-7-4-6-15(21)20(17)16(23-24)11-22-19(26)13-25-9-10-27-18-8-3-2-5-14(18)12-25/h2-8H,9-13H2,1H3,(H,22,26). The Kier molecular flexibility index (Phi) is 5.01. The van der Waals surface area contributed by atoms with Gasteiger partial charge >= 0.3 is 0 Å². The molecule has 0 atom stereocenters. The first kappa shape index (κ1) is 17.8. The number of hydrogen-bond acceptors (Lipinski definition) is 4. The number of benzene rings is 2. The molecule has 1 amide bonds. The summed E-state index contributed by atoms with van der Waals surface area (Å²) in [6, 6.07) is 13.7. The summed E-state index contributed by atoms with van der Waals surface area (Å²) < 4.78 is 7.54. The van der Waals surface area contributed by atoms with Crippen LogP contribution in [0, 0.1) is 0 Å². The number of aromatic nitrogens is 2. The first-order valence-electron chi connectivity index (χ1n) is 8.91. The molecule has 0 saturated heterocycles. The monoisotopic (exact) mass is 384 g/mol. The van der Waals surface area contributed by atoms with Crippen molar-refractivity contribution in [2.24, 2.45) is 7.05 Å². The van der Waals surface area contributed by atoms with Crippen molar-refractivity contribution >= 4 is 28.4 Å². The number of halogens is 1. The number of para-hydroxylation sites is 1. The summed E-state index contributed by atoms with van der Waals surface area (Å²) in [6.07, 6.45) is 0. The van der Waals surface area contributed by atoms with Gasteiger partial charge in [0.25, 0.3) is 0 Å². The molecule has 6 nitrogen and oxygen atoms in total. The maximum atomic E-state index is 12.5. The molecule has 2 heterocycles. The largest absolute Gasteiger partial charge is 0.492 e. The molecular weight excluding hydrogens is 364 g/mol. The molecule has 7 heteroatoms. The Balaban J connectivity index is 1.41. The molecule has 2 aromatic carbocycles. The van der Waals surface area contributed by atoms with Gasteiger partial charge in [0.2, 0.25) is 5.91 Å². The van der Waals surface area contributed by atoms with E-state index in [1.54, 1.807) is 4.68 Å². The maximum absolute atomic E-state index is 12.5. The Morgan fingerprint density at radius 3 is 3.00 bits per heavy atom. The second kappa shape index (κ2) is 7.58. The number of hydrogen-bond donors (Lipinski definition) is 1. The first-order valence-corrected chi connectivity index (χ1v) is 9.29. The highest BCUT2D eigenvalue weighted by molar-refractivity contribution is 6.35. The molecule has 1 aromatic heterocycles. The van der Waals surface area contributed by atoms with Crippen molar-refractivity contribution in [1.82, 2.24) is 20.0 Å². The van der Waals surface area contributed by atoms with Gasteiger partial charge in [0, 0.05) is 31.1 Å². The molecule has 1 N–H and O–H groups in total. The molecular formula is C20H21ClN4O2. The van der Waals surface area contributed by atoms with Gasteiger partial charge in [-0.15, -0.1) is 0 Å². The molecule has 0 unspecified atom stereocenters. The zero-order chi connectivity index (χ0) is 18.8. The molecule has 0 saturated carbocycles. The zero-order valence-electron chi connectivity index (χ0n) is 15.1. The number of carbonyl (C=O) groups excluding carboxylic acids is 1. The number of nitrogens with one attached hydrogen (secondary N) is 1. The van der Waals surface area contributed by atoms with E-state index >= 15 is 0 Å². The summed E-state index contributed by atoms with van der Waals surface area (Å²) >= 11 is 6.32. The third-order valence-electron chi connectivity index (χ3n) is 4.75. The van der Waals surface area contributed by atoms with Crippen molar-refractivity contribution in [2.75, 3.05) is 19.7 Å². The van der Waals surface area contributed by atoms with E-state index in [4.69, 9.17) is 16.3 Å². The summed E-state index contributed by atoms with van der Waals surface area (Å²) in [5.74, 6) is 0.857. The second-order valence-corrected chi connectivity index (χ2v) is 7.06. The first-order chi connectivity index (χ1) is 13.1. The molecule has 27 heavy (non-hydrogen) atoms. The van der Waals surface area contributed by atoms with Crippen molar-refractivity contribution in [3.8, 4) is 5.75 Å². The van der Waals surface area contributed by atoms with Crippen LogP contribution in [0.5, 0.6) is 5.75 Å². The van der Waals surface area contributed by atoms with E-state index in [1.807, 2.05) is 49.5 Å². The van der Waals surface area contributed by atoms with Crippen LogP contribution >= 0.6 is 11.6 Å². The zero-order valence-corrected chi connectivity index (χ0v) is 15.9. The van der Waals surface area contributed by atoms with Crippen LogP contribution in [0.15, 0.2) is 42.5 Å². The van der Waals surface area contributed by atoms with Gasteiger partial charge in [0.05, 0.1) is 29.3 Å². The van der Waals surface area contributed by atoms with Crippen LogP contribution in [0.4, 0.5) is 0 Å². The van der Waals surface area contributed by atoms with Crippen molar-refractivity contribution in [3.63, 3.8) is 0 Å². The Hall–Kier alpha value is -2.57. The summed E-state index contributed by atoms with van der Waals surface area (Å²) in [5.41, 5.74) is 2.83. The quantitative estimate of drug-likeness (QED) is 0.751. The van der Waals surface area contributed by atoms with E-state index in [0.717, 1.165) is 27.9 Å². The van der Waals surface area contributed by atoms with E-state index in [-0.39, 0.29) is 5.91 Å². The van der Waals surface area contributed by atoms with Gasteiger partial charge < -0.3 is 10.1 Å². The van der Waals surface area contributed by atoms with Gasteiger partial charge in [-0.3, -0.25) is 14.4 Å². The topological polar surface area (TPSA) is 59.4 Å². The number of amides is 1. The lowest BCUT2D eigenvalue weighted by Gasteiger charge is -2.18. The van der Waals surface area contributed by atoms with Crippen LogP contribution in [-0.4, -0.2) is 40.3 Å². The highest BCUT2D eigenvalue weighted by atomic mass is 35.5. The lowest BCUT2D eigenvalue weighted by atomic mass is 10.2. The Bertz CT molecular complexity index is 985. The molecule has 140 valence electrons. The highest BCUT2D eigenvalue weighted by Crippen LogP contribution is 2.26. The lowest BCUT2D eigenvalue weighted by Crippen LogP contribution is -2.37. The molecule has 0 spiro atoms. The number of rotatable bonds is 4. The van der Waals surface area contributed by atoms with Crippen LogP contribution < -0.4 is 10.1 Å². The normalized spacial score (nSPS) is 14.4. The molecule has 1 aliphatic heterocycles. The molecule has 0 aliphatic carbocycles. The van der Waals surface area contributed by atoms with Crippen LogP contribution in [-0.2, 0) is 24.9 Å². The highest BCUT2D eigenvalue weighted by Gasteiger charge is 2.18. The molecule has 3 aromatic rings. The third-order valence-corrected chi connectivity index (χ3v) is 5.07.